The Morgan fingerprint density at radius 2 is 2.06 bits per heavy atom. The Kier molecular flexibility index (Phi) is 3.87. The van der Waals surface area contributed by atoms with Gasteiger partial charge >= 0.3 is 0 Å². The summed E-state index contributed by atoms with van der Waals surface area (Å²) in [5, 5.41) is 3.18. The number of nitrogens with one attached hydrogen (secondary N) is 1. The number of rotatable bonds is 3. The number of hydrogen-bond donors (Lipinski definition) is 1. The molecule has 1 unspecified atom stereocenters. The Hall–Kier alpha value is -1.14. The number of anilines is 1. The first-order valence-electron chi connectivity index (χ1n) is 6.10. The Balaban J connectivity index is 2.14. The third-order valence-electron chi connectivity index (χ3n) is 3.37. The largest absolute Gasteiger partial charge is 0.355 e. The van der Waals surface area contributed by atoms with E-state index in [-0.39, 0.29) is 17.5 Å². The Labute approximate surface area is 108 Å². The van der Waals surface area contributed by atoms with Gasteiger partial charge in [0.2, 0.25) is 0 Å². The molecule has 6 heteroatoms. The number of pyridine rings is 1. The topological polar surface area (TPSA) is 62.3 Å². The second kappa shape index (κ2) is 5.24. The van der Waals surface area contributed by atoms with Gasteiger partial charge in [0.1, 0.15) is 5.82 Å². The zero-order chi connectivity index (χ0) is 13.2. The van der Waals surface area contributed by atoms with Crippen molar-refractivity contribution in [2.24, 2.45) is 0 Å². The number of aromatic nitrogens is 1. The first-order valence-corrected chi connectivity index (χ1v) is 7.92. The summed E-state index contributed by atoms with van der Waals surface area (Å²) in [7, 11) is -0.922. The SMILES string of the molecule is CNC(C)c1ccnc(N2CCS(=O)(=O)CC2)c1. The van der Waals surface area contributed by atoms with Crippen LogP contribution in [-0.4, -0.2) is 45.0 Å². The van der Waals surface area contributed by atoms with Crippen molar-refractivity contribution in [2.75, 3.05) is 36.5 Å². The minimum absolute atomic E-state index is 0.223. The minimum atomic E-state index is -2.84. The summed E-state index contributed by atoms with van der Waals surface area (Å²) in [4.78, 5) is 6.37. The molecular formula is C12H19N3O2S. The first-order chi connectivity index (χ1) is 8.52. The van der Waals surface area contributed by atoms with E-state index in [1.54, 1.807) is 6.20 Å². The van der Waals surface area contributed by atoms with Gasteiger partial charge in [-0.3, -0.25) is 0 Å². The molecule has 1 aliphatic rings. The summed E-state index contributed by atoms with van der Waals surface area (Å²) >= 11 is 0. The highest BCUT2D eigenvalue weighted by atomic mass is 32.2. The van der Waals surface area contributed by atoms with Gasteiger partial charge in [0.15, 0.2) is 9.84 Å². The van der Waals surface area contributed by atoms with E-state index in [0.717, 1.165) is 11.4 Å². The van der Waals surface area contributed by atoms with Gasteiger partial charge in [0.05, 0.1) is 11.5 Å². The molecule has 1 atom stereocenters. The Bertz CT molecular complexity index is 502. The normalized spacial score (nSPS) is 20.7. The molecule has 0 radical (unpaired) electrons. The van der Waals surface area contributed by atoms with Crippen LogP contribution in [0.4, 0.5) is 5.82 Å². The fourth-order valence-electron chi connectivity index (χ4n) is 1.98. The molecule has 0 bridgehead atoms. The summed E-state index contributed by atoms with van der Waals surface area (Å²) in [6, 6.07) is 4.27. The standard InChI is InChI=1S/C12H19N3O2S/c1-10(13-2)11-3-4-14-12(9-11)15-5-7-18(16,17)8-6-15/h3-4,9-10,13H,5-8H2,1-2H3. The number of nitrogens with zero attached hydrogens (tertiary/aromatic N) is 2. The molecule has 18 heavy (non-hydrogen) atoms. The van der Waals surface area contributed by atoms with Crippen molar-refractivity contribution in [3.63, 3.8) is 0 Å². The van der Waals surface area contributed by atoms with E-state index < -0.39 is 9.84 Å². The average Bonchev–Trinajstić information content (AvgIpc) is 2.38. The van der Waals surface area contributed by atoms with Crippen molar-refractivity contribution in [2.45, 2.75) is 13.0 Å². The van der Waals surface area contributed by atoms with Gasteiger partial charge < -0.3 is 10.2 Å². The molecule has 2 heterocycles. The van der Waals surface area contributed by atoms with Crippen molar-refractivity contribution in [1.29, 1.82) is 0 Å². The first kappa shape index (κ1) is 13.3. The number of sulfone groups is 1. The maximum atomic E-state index is 11.4. The van der Waals surface area contributed by atoms with Crippen molar-refractivity contribution in [3.8, 4) is 0 Å². The molecule has 1 aromatic heterocycles. The summed E-state index contributed by atoms with van der Waals surface area (Å²) in [5.41, 5.74) is 1.16. The van der Waals surface area contributed by atoms with Crippen LogP contribution in [-0.2, 0) is 9.84 Å². The van der Waals surface area contributed by atoms with Gasteiger partial charge in [0.25, 0.3) is 0 Å². The van der Waals surface area contributed by atoms with Crippen molar-refractivity contribution in [3.05, 3.63) is 23.9 Å². The van der Waals surface area contributed by atoms with Crippen LogP contribution in [0.15, 0.2) is 18.3 Å². The molecule has 0 aromatic carbocycles. The van der Waals surface area contributed by atoms with E-state index in [9.17, 15) is 8.42 Å². The fraction of sp³-hybridized carbons (Fsp3) is 0.583. The lowest BCUT2D eigenvalue weighted by molar-refractivity contribution is 0.586. The van der Waals surface area contributed by atoms with Crippen LogP contribution in [0.2, 0.25) is 0 Å². The molecule has 1 N–H and O–H groups in total. The van der Waals surface area contributed by atoms with E-state index in [1.807, 2.05) is 24.1 Å². The molecule has 1 saturated heterocycles. The molecule has 100 valence electrons. The highest BCUT2D eigenvalue weighted by Gasteiger charge is 2.22. The second-order valence-corrected chi connectivity index (χ2v) is 6.90. The van der Waals surface area contributed by atoms with Gasteiger partial charge in [-0.1, -0.05) is 0 Å². The van der Waals surface area contributed by atoms with Gasteiger partial charge in [-0.25, -0.2) is 13.4 Å². The lowest BCUT2D eigenvalue weighted by atomic mass is 10.1. The van der Waals surface area contributed by atoms with Crippen LogP contribution in [0.5, 0.6) is 0 Å². The fourth-order valence-corrected chi connectivity index (χ4v) is 3.19. The summed E-state index contributed by atoms with van der Waals surface area (Å²) in [5.74, 6) is 1.31. The average molecular weight is 269 g/mol. The molecule has 2 rings (SSSR count). The smallest absolute Gasteiger partial charge is 0.153 e. The van der Waals surface area contributed by atoms with E-state index in [1.165, 1.54) is 0 Å². The van der Waals surface area contributed by atoms with Crippen molar-refractivity contribution in [1.82, 2.24) is 10.3 Å². The Morgan fingerprint density at radius 3 is 2.67 bits per heavy atom. The monoisotopic (exact) mass is 269 g/mol. The molecule has 1 fully saturated rings. The lowest BCUT2D eigenvalue weighted by Gasteiger charge is -2.28. The molecule has 5 nitrogen and oxygen atoms in total. The van der Waals surface area contributed by atoms with E-state index in [2.05, 4.69) is 17.2 Å². The summed E-state index contributed by atoms with van der Waals surface area (Å²) in [6.07, 6.45) is 1.78. The lowest BCUT2D eigenvalue weighted by Crippen LogP contribution is -2.40. The molecule has 0 amide bonds. The molecule has 0 spiro atoms. The van der Waals surface area contributed by atoms with Gasteiger partial charge in [-0.15, -0.1) is 0 Å². The zero-order valence-corrected chi connectivity index (χ0v) is 11.6. The maximum absolute atomic E-state index is 11.4. The van der Waals surface area contributed by atoms with Crippen LogP contribution in [0.3, 0.4) is 0 Å². The van der Waals surface area contributed by atoms with Crippen LogP contribution >= 0.6 is 0 Å². The van der Waals surface area contributed by atoms with E-state index >= 15 is 0 Å². The zero-order valence-electron chi connectivity index (χ0n) is 10.8. The quantitative estimate of drug-likeness (QED) is 0.870. The molecule has 1 aliphatic heterocycles. The Morgan fingerprint density at radius 1 is 1.39 bits per heavy atom. The summed E-state index contributed by atoms with van der Waals surface area (Å²) < 4.78 is 22.8. The van der Waals surface area contributed by atoms with Crippen molar-refractivity contribution >= 4 is 15.7 Å². The third-order valence-corrected chi connectivity index (χ3v) is 4.98. The third kappa shape index (κ3) is 3.00. The predicted octanol–water partition coefficient (Wildman–Crippen LogP) is 0.597. The minimum Gasteiger partial charge on any atom is -0.355 e. The van der Waals surface area contributed by atoms with Crippen molar-refractivity contribution < 1.29 is 8.42 Å². The summed E-state index contributed by atoms with van der Waals surface area (Å²) in [6.45, 7) is 3.15. The predicted molar refractivity (Wildman–Crippen MR) is 72.6 cm³/mol. The molecule has 0 aliphatic carbocycles. The highest BCUT2D eigenvalue weighted by Crippen LogP contribution is 2.19. The van der Waals surface area contributed by atoms with Gasteiger partial charge in [0, 0.05) is 25.3 Å². The van der Waals surface area contributed by atoms with Gasteiger partial charge in [-0.2, -0.15) is 0 Å². The van der Waals surface area contributed by atoms with Gasteiger partial charge in [-0.05, 0) is 31.7 Å². The molecule has 0 saturated carbocycles. The maximum Gasteiger partial charge on any atom is 0.153 e. The van der Waals surface area contributed by atoms with Crippen LogP contribution in [0.25, 0.3) is 0 Å². The van der Waals surface area contributed by atoms with E-state index in [4.69, 9.17) is 0 Å². The van der Waals surface area contributed by atoms with Crippen LogP contribution in [0.1, 0.15) is 18.5 Å². The molecule has 1 aromatic rings. The van der Waals surface area contributed by atoms with Crippen LogP contribution in [0, 0.1) is 0 Å². The molecular weight excluding hydrogens is 250 g/mol. The van der Waals surface area contributed by atoms with Crippen LogP contribution < -0.4 is 10.2 Å². The van der Waals surface area contributed by atoms with E-state index in [0.29, 0.717) is 13.1 Å². The number of hydrogen-bond acceptors (Lipinski definition) is 5. The second-order valence-electron chi connectivity index (χ2n) is 4.60. The highest BCUT2D eigenvalue weighted by molar-refractivity contribution is 7.91.